The average Bonchev–Trinajstić information content (AvgIpc) is 2.99. The van der Waals surface area contributed by atoms with Crippen molar-refractivity contribution in [2.75, 3.05) is 13.7 Å². The maximum absolute atomic E-state index is 5.85. The number of ether oxygens (including phenoxy) is 3. The second-order valence-corrected chi connectivity index (χ2v) is 6.11. The van der Waals surface area contributed by atoms with Gasteiger partial charge in [-0.15, -0.1) is 6.42 Å². The van der Waals surface area contributed by atoms with Crippen LogP contribution in [0.4, 0.5) is 0 Å². The zero-order chi connectivity index (χ0) is 17.6. The van der Waals surface area contributed by atoms with Gasteiger partial charge >= 0.3 is 0 Å². The molecule has 1 aliphatic heterocycles. The third kappa shape index (κ3) is 4.07. The van der Waals surface area contributed by atoms with Gasteiger partial charge in [-0.1, -0.05) is 24.1 Å². The molecule has 2 aromatic carbocycles. The van der Waals surface area contributed by atoms with E-state index in [-0.39, 0.29) is 12.7 Å². The lowest BCUT2D eigenvalue weighted by atomic mass is 10.1. The second-order valence-electron chi connectivity index (χ2n) is 6.11. The summed E-state index contributed by atoms with van der Waals surface area (Å²) in [7, 11) is 1.70. The van der Waals surface area contributed by atoms with Gasteiger partial charge in [0.1, 0.15) is 30.0 Å². The molecule has 1 heterocycles. The maximum atomic E-state index is 5.85. The van der Waals surface area contributed by atoms with E-state index >= 15 is 0 Å². The summed E-state index contributed by atoms with van der Waals surface area (Å²) < 4.78 is 17.0. The van der Waals surface area contributed by atoms with Crippen LogP contribution in [0.1, 0.15) is 23.6 Å². The van der Waals surface area contributed by atoms with Crippen LogP contribution in [0.5, 0.6) is 17.2 Å². The van der Waals surface area contributed by atoms with Crippen molar-refractivity contribution in [3.8, 4) is 29.6 Å². The Kier molecular flexibility index (Phi) is 5.47. The van der Waals surface area contributed by atoms with E-state index < -0.39 is 0 Å². The van der Waals surface area contributed by atoms with Crippen molar-refractivity contribution < 1.29 is 14.2 Å². The van der Waals surface area contributed by atoms with Crippen LogP contribution >= 0.6 is 0 Å². The zero-order valence-corrected chi connectivity index (χ0v) is 14.7. The first-order valence-electron chi connectivity index (χ1n) is 8.42. The molecule has 0 amide bonds. The molecule has 2 aromatic rings. The van der Waals surface area contributed by atoms with Gasteiger partial charge in [-0.05, 0) is 25.1 Å². The molecule has 3 rings (SSSR count). The van der Waals surface area contributed by atoms with E-state index in [4.69, 9.17) is 20.6 Å². The topological polar surface area (TPSA) is 39.7 Å². The lowest BCUT2D eigenvalue weighted by Gasteiger charge is -2.13. The Morgan fingerprint density at radius 2 is 2.00 bits per heavy atom. The molecule has 0 radical (unpaired) electrons. The van der Waals surface area contributed by atoms with Crippen LogP contribution < -0.4 is 19.5 Å². The van der Waals surface area contributed by atoms with Crippen LogP contribution in [-0.4, -0.2) is 19.8 Å². The van der Waals surface area contributed by atoms with Gasteiger partial charge in [0.2, 0.25) is 0 Å². The Hall–Kier alpha value is -2.64. The molecule has 4 heteroatoms. The molecule has 25 heavy (non-hydrogen) atoms. The summed E-state index contributed by atoms with van der Waals surface area (Å²) in [5, 5.41) is 3.44. The molecule has 1 N–H and O–H groups in total. The molecule has 4 nitrogen and oxygen atoms in total. The smallest absolute Gasteiger partial charge is 0.148 e. The molecule has 1 aliphatic rings. The van der Waals surface area contributed by atoms with Crippen LogP contribution in [0.25, 0.3) is 0 Å². The number of fused-ring (bicyclic) bond motifs is 1. The Bertz CT molecular complexity index is 779. The van der Waals surface area contributed by atoms with Gasteiger partial charge in [-0.25, -0.2) is 0 Å². The number of methoxy groups -OCH3 is 1. The van der Waals surface area contributed by atoms with Crippen molar-refractivity contribution in [2.24, 2.45) is 0 Å². The van der Waals surface area contributed by atoms with Gasteiger partial charge in [0.15, 0.2) is 0 Å². The lowest BCUT2D eigenvalue weighted by molar-refractivity contribution is 0.254. The molecular formula is C21H23NO3. The van der Waals surface area contributed by atoms with Crippen molar-refractivity contribution in [3.05, 3.63) is 53.1 Å². The van der Waals surface area contributed by atoms with Crippen LogP contribution in [0.2, 0.25) is 0 Å². The monoisotopic (exact) mass is 337 g/mol. The van der Waals surface area contributed by atoms with E-state index in [1.54, 1.807) is 7.11 Å². The van der Waals surface area contributed by atoms with Gasteiger partial charge in [0, 0.05) is 36.2 Å². The van der Waals surface area contributed by atoms with Gasteiger partial charge in [-0.2, -0.15) is 0 Å². The van der Waals surface area contributed by atoms with E-state index in [2.05, 4.69) is 30.3 Å². The summed E-state index contributed by atoms with van der Waals surface area (Å²) in [6.07, 6.45) is 6.43. The third-order valence-electron chi connectivity index (χ3n) is 4.21. The fourth-order valence-electron chi connectivity index (χ4n) is 3.05. The lowest BCUT2D eigenvalue weighted by Crippen LogP contribution is -2.14. The number of rotatable bonds is 7. The van der Waals surface area contributed by atoms with Crippen molar-refractivity contribution in [3.63, 3.8) is 0 Å². The first kappa shape index (κ1) is 17.2. The van der Waals surface area contributed by atoms with Crippen LogP contribution in [-0.2, 0) is 19.5 Å². The Morgan fingerprint density at radius 3 is 2.80 bits per heavy atom. The standard InChI is InChI=1S/C21H23NO3/c1-4-9-24-19-8-6-5-7-16(19)13-22-14-18-12-21-17(10-15(2)25-21)11-20(18)23-3/h1,5-8,11-12,15,22H,9-10,13-14H2,2-3H3. The average molecular weight is 337 g/mol. The number of terminal acetylenes is 1. The predicted molar refractivity (Wildman–Crippen MR) is 98.1 cm³/mol. The molecule has 0 saturated carbocycles. The van der Waals surface area contributed by atoms with Gasteiger partial charge in [0.05, 0.1) is 7.11 Å². The Balaban J connectivity index is 1.67. The van der Waals surface area contributed by atoms with Crippen LogP contribution in [0.15, 0.2) is 36.4 Å². The number of hydrogen-bond donors (Lipinski definition) is 1. The number of benzene rings is 2. The van der Waals surface area contributed by atoms with E-state index in [1.807, 2.05) is 24.3 Å². The van der Waals surface area contributed by atoms with Gasteiger partial charge < -0.3 is 19.5 Å². The third-order valence-corrected chi connectivity index (χ3v) is 4.21. The first-order chi connectivity index (χ1) is 12.2. The van der Waals surface area contributed by atoms with Crippen molar-refractivity contribution in [1.82, 2.24) is 5.32 Å². The van der Waals surface area contributed by atoms with Crippen molar-refractivity contribution in [1.29, 1.82) is 0 Å². The van der Waals surface area contributed by atoms with E-state index in [0.29, 0.717) is 13.1 Å². The highest BCUT2D eigenvalue weighted by Crippen LogP contribution is 2.35. The first-order valence-corrected chi connectivity index (χ1v) is 8.42. The zero-order valence-electron chi connectivity index (χ0n) is 14.7. The molecule has 1 atom stereocenters. The summed E-state index contributed by atoms with van der Waals surface area (Å²) in [5.41, 5.74) is 3.36. The molecule has 0 fully saturated rings. The molecule has 0 aliphatic carbocycles. The predicted octanol–water partition coefficient (Wildman–Crippen LogP) is 3.32. The Labute approximate surface area is 149 Å². The summed E-state index contributed by atoms with van der Waals surface area (Å²) in [4.78, 5) is 0. The highest BCUT2D eigenvalue weighted by atomic mass is 16.5. The SMILES string of the molecule is C#CCOc1ccccc1CNCc1cc2c(cc1OC)CC(C)O2. The normalized spacial score (nSPS) is 15.2. The molecular weight excluding hydrogens is 314 g/mol. The molecule has 0 aromatic heterocycles. The number of hydrogen-bond acceptors (Lipinski definition) is 4. The van der Waals surface area contributed by atoms with E-state index in [9.17, 15) is 0 Å². The molecule has 0 spiro atoms. The summed E-state index contributed by atoms with van der Waals surface area (Å²) in [6, 6.07) is 12.1. The van der Waals surface area contributed by atoms with Crippen molar-refractivity contribution in [2.45, 2.75) is 32.5 Å². The summed E-state index contributed by atoms with van der Waals surface area (Å²) in [5.74, 6) is 5.16. The van der Waals surface area contributed by atoms with Crippen LogP contribution in [0.3, 0.4) is 0 Å². The highest BCUT2D eigenvalue weighted by molar-refractivity contribution is 5.48. The van der Waals surface area contributed by atoms with Crippen LogP contribution in [0, 0.1) is 12.3 Å². The minimum Gasteiger partial charge on any atom is -0.496 e. The van der Waals surface area contributed by atoms with E-state index in [0.717, 1.165) is 34.8 Å². The largest absolute Gasteiger partial charge is 0.496 e. The quantitative estimate of drug-likeness (QED) is 0.787. The van der Waals surface area contributed by atoms with Gasteiger partial charge in [-0.3, -0.25) is 0 Å². The number of nitrogens with one attached hydrogen (secondary N) is 1. The van der Waals surface area contributed by atoms with Crippen molar-refractivity contribution >= 4 is 0 Å². The highest BCUT2D eigenvalue weighted by Gasteiger charge is 2.21. The fourth-order valence-corrected chi connectivity index (χ4v) is 3.05. The second kappa shape index (κ2) is 7.96. The summed E-state index contributed by atoms with van der Waals surface area (Å²) >= 11 is 0. The minimum absolute atomic E-state index is 0.225. The molecule has 0 bridgehead atoms. The molecule has 130 valence electrons. The van der Waals surface area contributed by atoms with Gasteiger partial charge in [0.25, 0.3) is 0 Å². The molecule has 0 saturated heterocycles. The molecule has 1 unspecified atom stereocenters. The van der Waals surface area contributed by atoms with E-state index in [1.165, 1.54) is 5.56 Å². The summed E-state index contributed by atoms with van der Waals surface area (Å²) in [6.45, 7) is 3.71. The minimum atomic E-state index is 0.225. The Morgan fingerprint density at radius 1 is 1.20 bits per heavy atom. The fraction of sp³-hybridized carbons (Fsp3) is 0.333. The number of para-hydroxylation sites is 1. The maximum Gasteiger partial charge on any atom is 0.148 e.